The Morgan fingerprint density at radius 3 is 2.03 bits per heavy atom. The van der Waals surface area contributed by atoms with Crippen molar-refractivity contribution in [1.82, 2.24) is 0 Å². The van der Waals surface area contributed by atoms with E-state index in [1.807, 2.05) is 7.11 Å². The predicted octanol–water partition coefficient (Wildman–Crippen LogP) is 6.89. The molecule has 3 aromatic carbocycles. The van der Waals surface area contributed by atoms with Crippen molar-refractivity contribution in [3.63, 3.8) is 0 Å². The molecule has 4 saturated carbocycles. The standard InChI is InChI=1S/C32H37BO3/c1-30(2)31(3,4)36-33(35-30)27-10-8-22-14-21(6-7-23(22)15-27)24-9-11-29(34-5)28(16-24)32-17-20-12-25(18-32)26(13-20)19-32/h6-11,14-16,20,25-26H,12-13,17-19H2,1-5H3. The van der Waals surface area contributed by atoms with Crippen molar-refractivity contribution in [3.05, 3.63) is 60.2 Å². The van der Waals surface area contributed by atoms with Crippen LogP contribution in [0.1, 0.15) is 65.4 Å². The zero-order valence-electron chi connectivity index (χ0n) is 22.3. The van der Waals surface area contributed by atoms with Gasteiger partial charge in [0.15, 0.2) is 0 Å². The second kappa shape index (κ2) is 7.62. The van der Waals surface area contributed by atoms with Gasteiger partial charge in [0.1, 0.15) is 5.75 Å². The average Bonchev–Trinajstić information content (AvgIpc) is 3.37. The average molecular weight is 480 g/mol. The van der Waals surface area contributed by atoms with E-state index in [1.165, 1.54) is 59.6 Å². The van der Waals surface area contributed by atoms with Gasteiger partial charge < -0.3 is 14.0 Å². The van der Waals surface area contributed by atoms with Crippen LogP contribution in [0.25, 0.3) is 21.9 Å². The van der Waals surface area contributed by atoms with E-state index in [1.54, 1.807) is 0 Å². The minimum Gasteiger partial charge on any atom is -0.496 e. The summed E-state index contributed by atoms with van der Waals surface area (Å²) in [5.74, 6) is 3.88. The number of hydrogen-bond donors (Lipinski definition) is 0. The highest BCUT2D eigenvalue weighted by atomic mass is 16.7. The fourth-order valence-electron chi connectivity index (χ4n) is 8.01. The highest BCUT2D eigenvalue weighted by Crippen LogP contribution is 2.65. The summed E-state index contributed by atoms with van der Waals surface area (Å²) >= 11 is 0. The van der Waals surface area contributed by atoms with Crippen LogP contribution in [0.15, 0.2) is 54.6 Å². The Kier molecular flexibility index (Phi) is 4.84. The smallest absolute Gasteiger partial charge is 0.494 e. The molecule has 1 heterocycles. The van der Waals surface area contributed by atoms with Gasteiger partial charge in [-0.1, -0.05) is 36.4 Å². The second-order valence-corrected chi connectivity index (χ2v) is 13.1. The summed E-state index contributed by atoms with van der Waals surface area (Å²) in [5, 5.41) is 2.45. The van der Waals surface area contributed by atoms with Crippen molar-refractivity contribution in [2.45, 2.75) is 76.4 Å². The van der Waals surface area contributed by atoms with E-state index in [0.29, 0.717) is 5.41 Å². The van der Waals surface area contributed by atoms with Crippen molar-refractivity contribution >= 4 is 23.4 Å². The number of rotatable bonds is 4. The zero-order chi connectivity index (χ0) is 24.9. The van der Waals surface area contributed by atoms with Crippen molar-refractivity contribution < 1.29 is 14.0 Å². The first-order chi connectivity index (χ1) is 17.2. The fraction of sp³-hybridized carbons (Fsp3) is 0.500. The lowest BCUT2D eigenvalue weighted by atomic mass is 9.65. The Bertz CT molecular complexity index is 1320. The SMILES string of the molecule is COc1ccc(-c2ccc3cc(B4OC(C)(C)C(C)(C)O4)ccc3c2)cc1C12CC3CC(C1)C(C3)C2. The van der Waals surface area contributed by atoms with Crippen LogP contribution in [-0.2, 0) is 14.7 Å². The maximum Gasteiger partial charge on any atom is 0.494 e. The lowest BCUT2D eigenvalue weighted by Crippen LogP contribution is -2.41. The zero-order valence-corrected chi connectivity index (χ0v) is 22.3. The van der Waals surface area contributed by atoms with Crippen LogP contribution in [0.2, 0.25) is 0 Å². The van der Waals surface area contributed by atoms with Crippen LogP contribution >= 0.6 is 0 Å². The number of methoxy groups -OCH3 is 1. The molecule has 8 rings (SSSR count). The summed E-state index contributed by atoms with van der Waals surface area (Å²) in [7, 11) is 1.50. The molecule has 4 heteroatoms. The third kappa shape index (κ3) is 3.33. The maximum atomic E-state index is 6.28. The van der Waals surface area contributed by atoms with Gasteiger partial charge in [-0.2, -0.15) is 0 Å². The van der Waals surface area contributed by atoms with E-state index in [0.717, 1.165) is 29.0 Å². The van der Waals surface area contributed by atoms with Gasteiger partial charge in [-0.05, 0) is 129 Å². The third-order valence-corrected chi connectivity index (χ3v) is 10.4. The summed E-state index contributed by atoms with van der Waals surface area (Å²) < 4.78 is 18.5. The van der Waals surface area contributed by atoms with Crippen LogP contribution in [0.4, 0.5) is 0 Å². The van der Waals surface area contributed by atoms with Gasteiger partial charge in [-0.15, -0.1) is 0 Å². The Morgan fingerprint density at radius 1 is 0.750 bits per heavy atom. The van der Waals surface area contributed by atoms with Gasteiger partial charge in [0.05, 0.1) is 18.3 Å². The van der Waals surface area contributed by atoms with E-state index in [9.17, 15) is 0 Å². The van der Waals surface area contributed by atoms with E-state index < -0.39 is 0 Å². The van der Waals surface area contributed by atoms with E-state index in [-0.39, 0.29) is 18.3 Å². The van der Waals surface area contributed by atoms with Gasteiger partial charge in [0.25, 0.3) is 0 Å². The molecule has 5 aliphatic rings. The van der Waals surface area contributed by atoms with Crippen LogP contribution in [0.5, 0.6) is 5.75 Å². The Morgan fingerprint density at radius 2 is 1.36 bits per heavy atom. The first kappa shape index (κ1) is 22.9. The molecular formula is C32H37BO3. The summed E-state index contributed by atoms with van der Waals surface area (Å²) in [6, 6.07) is 20.3. The second-order valence-electron chi connectivity index (χ2n) is 13.1. The van der Waals surface area contributed by atoms with Gasteiger partial charge in [0.2, 0.25) is 0 Å². The first-order valence-corrected chi connectivity index (χ1v) is 13.7. The molecular weight excluding hydrogens is 443 g/mol. The number of hydrogen-bond acceptors (Lipinski definition) is 3. The number of ether oxygens (including phenoxy) is 1. The molecule has 2 unspecified atom stereocenters. The van der Waals surface area contributed by atoms with E-state index in [2.05, 4.69) is 82.3 Å². The van der Waals surface area contributed by atoms with Crippen molar-refractivity contribution in [2.24, 2.45) is 17.8 Å². The molecule has 0 spiro atoms. The van der Waals surface area contributed by atoms with Crippen molar-refractivity contribution in [3.8, 4) is 16.9 Å². The van der Waals surface area contributed by atoms with Crippen LogP contribution < -0.4 is 10.2 Å². The Labute approximate surface area is 215 Å². The maximum absolute atomic E-state index is 6.28. The van der Waals surface area contributed by atoms with E-state index in [4.69, 9.17) is 14.0 Å². The minimum atomic E-state index is -0.334. The summed E-state index contributed by atoms with van der Waals surface area (Å²) in [6.07, 6.45) is 6.99. The normalized spacial score (nSPS) is 31.5. The lowest BCUT2D eigenvalue weighted by Gasteiger charge is -2.39. The van der Waals surface area contributed by atoms with Crippen molar-refractivity contribution in [2.75, 3.05) is 7.11 Å². The van der Waals surface area contributed by atoms with Crippen molar-refractivity contribution in [1.29, 1.82) is 0 Å². The molecule has 186 valence electrons. The number of benzene rings is 3. The van der Waals surface area contributed by atoms with E-state index >= 15 is 0 Å². The topological polar surface area (TPSA) is 27.7 Å². The molecule has 1 aliphatic heterocycles. The molecule has 2 atom stereocenters. The molecule has 0 radical (unpaired) electrons. The fourth-order valence-corrected chi connectivity index (χ4v) is 8.01. The van der Waals surface area contributed by atoms with Crippen LogP contribution in [0, 0.1) is 17.8 Å². The highest BCUT2D eigenvalue weighted by Gasteiger charge is 2.57. The molecule has 0 aromatic heterocycles. The quantitative estimate of drug-likeness (QED) is 0.381. The summed E-state index contributed by atoms with van der Waals surface area (Å²) in [5.41, 5.74) is 4.75. The largest absolute Gasteiger partial charge is 0.496 e. The molecule has 0 N–H and O–H groups in total. The van der Waals surface area contributed by atoms with Crippen LogP contribution in [-0.4, -0.2) is 25.4 Å². The lowest BCUT2D eigenvalue weighted by molar-refractivity contribution is 0.00578. The Balaban J connectivity index is 1.22. The minimum absolute atomic E-state index is 0.326. The molecule has 0 amide bonds. The van der Waals surface area contributed by atoms with Crippen LogP contribution in [0.3, 0.4) is 0 Å². The van der Waals surface area contributed by atoms with Gasteiger partial charge >= 0.3 is 7.12 Å². The highest BCUT2D eigenvalue weighted by molar-refractivity contribution is 6.62. The first-order valence-electron chi connectivity index (χ1n) is 13.7. The molecule has 3 nitrogen and oxygen atoms in total. The number of fused-ring (bicyclic) bond motifs is 1. The van der Waals surface area contributed by atoms with Gasteiger partial charge in [-0.25, -0.2) is 0 Å². The molecule has 5 fully saturated rings. The summed E-state index contributed by atoms with van der Waals surface area (Å²) in [4.78, 5) is 0. The molecule has 1 saturated heterocycles. The van der Waals surface area contributed by atoms with Gasteiger partial charge in [-0.3, -0.25) is 0 Å². The third-order valence-electron chi connectivity index (χ3n) is 10.4. The molecule has 3 aromatic rings. The summed E-state index contributed by atoms with van der Waals surface area (Å²) in [6.45, 7) is 8.41. The molecule has 4 bridgehead atoms. The molecule has 36 heavy (non-hydrogen) atoms. The monoisotopic (exact) mass is 480 g/mol. The predicted molar refractivity (Wildman–Crippen MR) is 147 cm³/mol. The molecule has 4 aliphatic carbocycles. The Hall–Kier alpha value is -2.30. The van der Waals surface area contributed by atoms with Gasteiger partial charge in [0, 0.05) is 5.56 Å².